The Bertz CT molecular complexity index is 461. The first kappa shape index (κ1) is 16.4. The fourth-order valence-electron chi connectivity index (χ4n) is 2.90. The van der Waals surface area contributed by atoms with E-state index in [4.69, 9.17) is 4.74 Å². The Morgan fingerprint density at radius 3 is 2.71 bits per heavy atom. The Morgan fingerprint density at radius 2 is 2.05 bits per heavy atom. The van der Waals surface area contributed by atoms with Crippen molar-refractivity contribution in [3.8, 4) is 5.75 Å². The molecule has 2 heteroatoms. The molecule has 0 bridgehead atoms. The summed E-state index contributed by atoms with van der Waals surface area (Å²) in [5.74, 6) is 1.81. The summed E-state index contributed by atoms with van der Waals surface area (Å²) in [7, 11) is 2.09. The Hall–Kier alpha value is -1.02. The second-order valence-electron chi connectivity index (χ2n) is 7.57. The Morgan fingerprint density at radius 1 is 1.29 bits per heavy atom. The van der Waals surface area contributed by atoms with Crippen LogP contribution in [0, 0.1) is 11.3 Å². The maximum Gasteiger partial charge on any atom is 0.122 e. The van der Waals surface area contributed by atoms with Gasteiger partial charge in [0.2, 0.25) is 0 Å². The molecule has 0 saturated carbocycles. The van der Waals surface area contributed by atoms with E-state index in [9.17, 15) is 0 Å². The topological polar surface area (TPSA) is 21.3 Å². The zero-order valence-corrected chi connectivity index (χ0v) is 14.3. The molecule has 0 aliphatic carbocycles. The minimum Gasteiger partial charge on any atom is -0.493 e. The van der Waals surface area contributed by atoms with Gasteiger partial charge in [0.1, 0.15) is 5.75 Å². The highest BCUT2D eigenvalue weighted by molar-refractivity contribution is 5.39. The zero-order valence-electron chi connectivity index (χ0n) is 14.3. The summed E-state index contributed by atoms with van der Waals surface area (Å²) in [6.45, 7) is 10.2. The van der Waals surface area contributed by atoms with Crippen molar-refractivity contribution in [2.45, 2.75) is 59.4 Å². The van der Waals surface area contributed by atoms with Gasteiger partial charge in [-0.3, -0.25) is 0 Å². The van der Waals surface area contributed by atoms with Gasteiger partial charge >= 0.3 is 0 Å². The van der Waals surface area contributed by atoms with Crippen LogP contribution >= 0.6 is 0 Å². The lowest BCUT2D eigenvalue weighted by molar-refractivity contribution is 0.222. The molecule has 1 aromatic carbocycles. The van der Waals surface area contributed by atoms with Gasteiger partial charge < -0.3 is 10.1 Å². The Labute approximate surface area is 130 Å². The highest BCUT2D eigenvalue weighted by atomic mass is 16.5. The van der Waals surface area contributed by atoms with E-state index in [1.165, 1.54) is 24.0 Å². The molecule has 0 spiro atoms. The summed E-state index contributed by atoms with van der Waals surface area (Å²) in [4.78, 5) is 0. The molecule has 1 heterocycles. The number of rotatable bonds is 6. The monoisotopic (exact) mass is 289 g/mol. The van der Waals surface area contributed by atoms with Crippen LogP contribution in [-0.2, 0) is 12.8 Å². The number of hydrogen-bond donors (Lipinski definition) is 1. The van der Waals surface area contributed by atoms with Crippen molar-refractivity contribution in [2.75, 3.05) is 13.7 Å². The molecular weight excluding hydrogens is 258 g/mol. The van der Waals surface area contributed by atoms with E-state index in [1.807, 2.05) is 0 Å². The molecule has 1 aliphatic rings. The summed E-state index contributed by atoms with van der Waals surface area (Å²) < 4.78 is 5.58. The summed E-state index contributed by atoms with van der Waals surface area (Å²) in [6.07, 6.45) is 4.67. The van der Waals surface area contributed by atoms with Crippen molar-refractivity contribution in [2.24, 2.45) is 11.3 Å². The van der Waals surface area contributed by atoms with Crippen molar-refractivity contribution < 1.29 is 4.74 Å². The van der Waals surface area contributed by atoms with E-state index in [-0.39, 0.29) is 0 Å². The predicted octanol–water partition coefficient (Wildman–Crippen LogP) is 4.21. The molecule has 0 aromatic heterocycles. The van der Waals surface area contributed by atoms with Crippen LogP contribution in [0.3, 0.4) is 0 Å². The van der Waals surface area contributed by atoms with Crippen molar-refractivity contribution in [1.82, 2.24) is 5.32 Å². The third-order valence-electron chi connectivity index (χ3n) is 5.06. The van der Waals surface area contributed by atoms with Gasteiger partial charge in [0.15, 0.2) is 0 Å². The summed E-state index contributed by atoms with van der Waals surface area (Å²) >= 11 is 0. The van der Waals surface area contributed by atoms with Gasteiger partial charge in [0.05, 0.1) is 6.61 Å². The SMILES string of the molecule is CNC(CCc1ccc2c(c1)CCO2)CC(C)C(C)(C)C. The minimum atomic E-state index is 0.389. The number of benzene rings is 1. The lowest BCUT2D eigenvalue weighted by Gasteiger charge is -2.30. The fourth-order valence-corrected chi connectivity index (χ4v) is 2.90. The van der Waals surface area contributed by atoms with Crippen LogP contribution in [0.1, 0.15) is 51.7 Å². The maximum atomic E-state index is 5.58. The van der Waals surface area contributed by atoms with Crippen molar-refractivity contribution in [3.63, 3.8) is 0 Å². The first-order valence-electron chi connectivity index (χ1n) is 8.32. The second-order valence-corrected chi connectivity index (χ2v) is 7.57. The fraction of sp³-hybridized carbons (Fsp3) is 0.684. The van der Waals surface area contributed by atoms with Gasteiger partial charge in [-0.1, -0.05) is 39.8 Å². The van der Waals surface area contributed by atoms with Crippen LogP contribution in [-0.4, -0.2) is 19.7 Å². The molecule has 21 heavy (non-hydrogen) atoms. The second kappa shape index (κ2) is 6.83. The van der Waals surface area contributed by atoms with Gasteiger partial charge in [0, 0.05) is 12.5 Å². The molecule has 1 aromatic rings. The van der Waals surface area contributed by atoms with Crippen LogP contribution < -0.4 is 10.1 Å². The molecule has 0 saturated heterocycles. The summed E-state index contributed by atoms with van der Waals surface area (Å²) in [5, 5.41) is 3.50. The quantitative estimate of drug-likeness (QED) is 0.847. The number of nitrogens with one attached hydrogen (secondary N) is 1. The van der Waals surface area contributed by atoms with E-state index in [0.29, 0.717) is 11.5 Å². The van der Waals surface area contributed by atoms with E-state index in [1.54, 1.807) is 0 Å². The Kier molecular flexibility index (Phi) is 5.32. The van der Waals surface area contributed by atoms with E-state index >= 15 is 0 Å². The molecule has 1 aliphatic heterocycles. The smallest absolute Gasteiger partial charge is 0.122 e. The molecule has 0 radical (unpaired) electrons. The summed E-state index contributed by atoms with van der Waals surface area (Å²) in [5.41, 5.74) is 3.22. The molecular formula is C19H31NO. The van der Waals surface area contributed by atoms with E-state index in [0.717, 1.165) is 31.1 Å². The van der Waals surface area contributed by atoms with Crippen LogP contribution in [0.15, 0.2) is 18.2 Å². The van der Waals surface area contributed by atoms with Crippen LogP contribution in [0.25, 0.3) is 0 Å². The lowest BCUT2D eigenvalue weighted by atomic mass is 9.78. The van der Waals surface area contributed by atoms with Crippen molar-refractivity contribution in [1.29, 1.82) is 0 Å². The average Bonchev–Trinajstić information content (AvgIpc) is 2.89. The zero-order chi connectivity index (χ0) is 15.5. The van der Waals surface area contributed by atoms with Crippen LogP contribution in [0.5, 0.6) is 5.75 Å². The largest absolute Gasteiger partial charge is 0.493 e. The minimum absolute atomic E-state index is 0.389. The molecule has 0 fully saturated rings. The number of aryl methyl sites for hydroxylation is 1. The predicted molar refractivity (Wildman–Crippen MR) is 90.0 cm³/mol. The molecule has 2 nitrogen and oxygen atoms in total. The third kappa shape index (κ3) is 4.47. The number of fused-ring (bicyclic) bond motifs is 1. The first-order valence-corrected chi connectivity index (χ1v) is 8.32. The van der Waals surface area contributed by atoms with Gasteiger partial charge in [0.25, 0.3) is 0 Å². The highest BCUT2D eigenvalue weighted by Crippen LogP contribution is 2.30. The number of ether oxygens (including phenoxy) is 1. The van der Waals surface area contributed by atoms with Gasteiger partial charge in [-0.15, -0.1) is 0 Å². The van der Waals surface area contributed by atoms with E-state index in [2.05, 4.69) is 58.3 Å². The van der Waals surface area contributed by atoms with Crippen LogP contribution in [0.4, 0.5) is 0 Å². The molecule has 2 rings (SSSR count). The molecule has 2 atom stereocenters. The van der Waals surface area contributed by atoms with Gasteiger partial charge in [-0.25, -0.2) is 0 Å². The standard InChI is InChI=1S/C19H31NO/c1-14(19(2,3)4)12-17(20-5)8-6-15-7-9-18-16(13-15)10-11-21-18/h7,9,13-14,17,20H,6,8,10-12H2,1-5H3. The van der Waals surface area contributed by atoms with Crippen molar-refractivity contribution in [3.05, 3.63) is 29.3 Å². The molecule has 1 N–H and O–H groups in total. The van der Waals surface area contributed by atoms with Crippen molar-refractivity contribution >= 4 is 0 Å². The average molecular weight is 289 g/mol. The normalized spacial score (nSPS) is 17.2. The molecule has 0 amide bonds. The molecule has 2 unspecified atom stereocenters. The Balaban J connectivity index is 1.88. The van der Waals surface area contributed by atoms with Crippen LogP contribution in [0.2, 0.25) is 0 Å². The van der Waals surface area contributed by atoms with Gasteiger partial charge in [-0.2, -0.15) is 0 Å². The highest BCUT2D eigenvalue weighted by Gasteiger charge is 2.23. The van der Waals surface area contributed by atoms with E-state index < -0.39 is 0 Å². The first-order chi connectivity index (χ1) is 9.90. The summed E-state index contributed by atoms with van der Waals surface area (Å²) in [6, 6.07) is 7.31. The number of hydrogen-bond acceptors (Lipinski definition) is 2. The van der Waals surface area contributed by atoms with Gasteiger partial charge in [-0.05, 0) is 54.8 Å². The molecule has 118 valence electrons. The lowest BCUT2D eigenvalue weighted by Crippen LogP contribution is -2.31. The third-order valence-corrected chi connectivity index (χ3v) is 5.06. The maximum absolute atomic E-state index is 5.58.